The fraction of sp³-hybridized carbons (Fsp3) is 0.211. The molecule has 2 aromatic carbocycles. The minimum absolute atomic E-state index is 0.0196. The van der Waals surface area contributed by atoms with Crippen LogP contribution in [0.4, 0.5) is 11.4 Å². The fourth-order valence-electron chi connectivity index (χ4n) is 2.86. The van der Waals surface area contributed by atoms with E-state index in [1.54, 1.807) is 13.0 Å². The summed E-state index contributed by atoms with van der Waals surface area (Å²) in [5, 5.41) is 11.3. The molecular weight excluding hydrogens is 336 g/mol. The molecule has 3 aromatic rings. The van der Waals surface area contributed by atoms with Gasteiger partial charge in [0, 0.05) is 17.8 Å². The normalized spacial score (nSPS) is 10.9. The van der Waals surface area contributed by atoms with Crippen molar-refractivity contribution in [2.75, 3.05) is 5.73 Å². The number of non-ortho nitro benzene ring substituents is 1. The van der Waals surface area contributed by atoms with Crippen LogP contribution in [-0.4, -0.2) is 4.92 Å². The zero-order valence-electron chi connectivity index (χ0n) is 14.7. The van der Waals surface area contributed by atoms with Crippen LogP contribution in [-0.2, 0) is 6.61 Å². The summed E-state index contributed by atoms with van der Waals surface area (Å²) < 4.78 is 11.4. The Morgan fingerprint density at radius 2 is 1.88 bits per heavy atom. The van der Waals surface area contributed by atoms with Gasteiger partial charge in [-0.1, -0.05) is 6.07 Å². The lowest BCUT2D eigenvalue weighted by Crippen LogP contribution is -2.09. The maximum absolute atomic E-state index is 12.5. The minimum atomic E-state index is -0.498. The van der Waals surface area contributed by atoms with Crippen molar-refractivity contribution in [1.29, 1.82) is 0 Å². The van der Waals surface area contributed by atoms with E-state index in [0.717, 1.165) is 11.1 Å². The molecule has 0 bridgehead atoms. The summed E-state index contributed by atoms with van der Waals surface area (Å²) in [5.74, 6) is 0.656. The molecule has 0 unspecified atom stereocenters. The SMILES string of the molecule is Cc1c(N)c(C)c2c(=O)cc(COc3cccc([N+](=O)[O-])c3)oc2c1C. The number of nitrogens with two attached hydrogens (primary N) is 1. The molecule has 0 aliphatic heterocycles. The molecule has 3 rings (SSSR count). The van der Waals surface area contributed by atoms with Crippen LogP contribution in [0.2, 0.25) is 0 Å². The molecule has 2 N–H and O–H groups in total. The fourth-order valence-corrected chi connectivity index (χ4v) is 2.86. The Morgan fingerprint density at radius 1 is 1.15 bits per heavy atom. The molecule has 0 atom stereocenters. The summed E-state index contributed by atoms with van der Waals surface area (Å²) in [5.41, 5.74) is 9.24. The van der Waals surface area contributed by atoms with Gasteiger partial charge in [-0.25, -0.2) is 0 Å². The van der Waals surface area contributed by atoms with Crippen molar-refractivity contribution in [2.24, 2.45) is 0 Å². The second kappa shape index (κ2) is 6.51. The molecular formula is C19H18N2O5. The Morgan fingerprint density at radius 3 is 2.58 bits per heavy atom. The van der Waals surface area contributed by atoms with Crippen LogP contribution in [0.5, 0.6) is 5.75 Å². The number of fused-ring (bicyclic) bond motifs is 1. The maximum atomic E-state index is 12.5. The van der Waals surface area contributed by atoms with E-state index in [1.807, 2.05) is 13.8 Å². The van der Waals surface area contributed by atoms with E-state index >= 15 is 0 Å². The van der Waals surface area contributed by atoms with E-state index in [1.165, 1.54) is 24.3 Å². The molecule has 26 heavy (non-hydrogen) atoms. The number of benzene rings is 2. The second-order valence-electron chi connectivity index (χ2n) is 6.11. The molecule has 0 saturated heterocycles. The standard InChI is InChI=1S/C19H18N2O5/c1-10-11(2)19-17(12(3)18(10)20)16(22)8-15(26-19)9-25-14-6-4-5-13(7-14)21(23)24/h4-8H,9,20H2,1-3H3. The molecule has 0 fully saturated rings. The van der Waals surface area contributed by atoms with E-state index in [0.29, 0.717) is 33.7 Å². The first kappa shape index (κ1) is 17.5. The summed E-state index contributed by atoms with van der Waals surface area (Å²) >= 11 is 0. The van der Waals surface area contributed by atoms with E-state index < -0.39 is 4.92 Å². The van der Waals surface area contributed by atoms with E-state index in [2.05, 4.69) is 0 Å². The number of anilines is 1. The quantitative estimate of drug-likeness (QED) is 0.434. The Bertz CT molecular complexity index is 1090. The van der Waals surface area contributed by atoms with Crippen molar-refractivity contribution in [3.05, 3.63) is 73.1 Å². The molecule has 0 aliphatic rings. The molecule has 0 saturated carbocycles. The van der Waals surface area contributed by atoms with Crippen LogP contribution in [0.15, 0.2) is 39.5 Å². The van der Waals surface area contributed by atoms with Gasteiger partial charge in [0.15, 0.2) is 5.43 Å². The smallest absolute Gasteiger partial charge is 0.273 e. The van der Waals surface area contributed by atoms with Gasteiger partial charge < -0.3 is 14.9 Å². The number of nitro benzene ring substituents is 1. The molecule has 0 spiro atoms. The maximum Gasteiger partial charge on any atom is 0.273 e. The number of hydrogen-bond acceptors (Lipinski definition) is 6. The third-order valence-corrected chi connectivity index (χ3v) is 4.49. The van der Waals surface area contributed by atoms with Gasteiger partial charge >= 0.3 is 0 Å². The van der Waals surface area contributed by atoms with Crippen LogP contribution in [0.3, 0.4) is 0 Å². The van der Waals surface area contributed by atoms with Crippen molar-refractivity contribution in [3.63, 3.8) is 0 Å². The van der Waals surface area contributed by atoms with Crippen LogP contribution >= 0.6 is 0 Å². The summed E-state index contributed by atoms with van der Waals surface area (Å²) in [7, 11) is 0. The molecule has 7 nitrogen and oxygen atoms in total. The summed E-state index contributed by atoms with van der Waals surface area (Å²) in [6.45, 7) is 5.50. The molecule has 1 aromatic heterocycles. The predicted molar refractivity (Wildman–Crippen MR) is 98.5 cm³/mol. The summed E-state index contributed by atoms with van der Waals surface area (Å²) in [6.07, 6.45) is 0. The summed E-state index contributed by atoms with van der Waals surface area (Å²) in [4.78, 5) is 22.9. The number of aryl methyl sites for hydroxylation is 2. The molecule has 1 heterocycles. The summed E-state index contributed by atoms with van der Waals surface area (Å²) in [6, 6.07) is 7.19. The lowest BCUT2D eigenvalue weighted by atomic mass is 9.98. The first-order valence-corrected chi connectivity index (χ1v) is 7.98. The van der Waals surface area contributed by atoms with Gasteiger partial charge in [-0.2, -0.15) is 0 Å². The Hall–Kier alpha value is -3.35. The minimum Gasteiger partial charge on any atom is -0.485 e. The molecule has 134 valence electrons. The van der Waals surface area contributed by atoms with Crippen molar-refractivity contribution in [3.8, 4) is 5.75 Å². The highest BCUT2D eigenvalue weighted by molar-refractivity contribution is 5.89. The Labute approximate surface area is 149 Å². The van der Waals surface area contributed by atoms with Gasteiger partial charge in [0.2, 0.25) is 0 Å². The van der Waals surface area contributed by atoms with Crippen LogP contribution in [0.25, 0.3) is 11.0 Å². The number of nitrogens with zero attached hydrogens (tertiary/aromatic N) is 1. The van der Waals surface area contributed by atoms with Crippen molar-refractivity contribution >= 4 is 22.3 Å². The highest BCUT2D eigenvalue weighted by Crippen LogP contribution is 2.30. The van der Waals surface area contributed by atoms with Crippen LogP contribution in [0.1, 0.15) is 22.5 Å². The van der Waals surface area contributed by atoms with E-state index in [4.69, 9.17) is 14.9 Å². The molecule has 7 heteroatoms. The van der Waals surface area contributed by atoms with E-state index in [9.17, 15) is 14.9 Å². The number of ether oxygens (including phenoxy) is 1. The van der Waals surface area contributed by atoms with Crippen molar-refractivity contribution < 1.29 is 14.1 Å². The lowest BCUT2D eigenvalue weighted by molar-refractivity contribution is -0.384. The topological polar surface area (TPSA) is 109 Å². The van der Waals surface area contributed by atoms with Gasteiger partial charge in [0.1, 0.15) is 23.7 Å². The molecule has 0 amide bonds. The Kier molecular flexibility index (Phi) is 4.38. The monoisotopic (exact) mass is 354 g/mol. The van der Waals surface area contributed by atoms with Crippen LogP contribution < -0.4 is 15.9 Å². The Balaban J connectivity index is 1.98. The van der Waals surface area contributed by atoms with Gasteiger partial charge in [-0.05, 0) is 43.5 Å². The predicted octanol–water partition coefficient (Wildman–Crippen LogP) is 3.79. The second-order valence-corrected chi connectivity index (χ2v) is 6.11. The third-order valence-electron chi connectivity index (χ3n) is 4.49. The van der Waals surface area contributed by atoms with Gasteiger partial charge in [0.25, 0.3) is 5.69 Å². The molecule has 0 aliphatic carbocycles. The van der Waals surface area contributed by atoms with Crippen molar-refractivity contribution in [1.82, 2.24) is 0 Å². The van der Waals surface area contributed by atoms with Crippen LogP contribution in [0, 0.1) is 30.9 Å². The third kappa shape index (κ3) is 2.99. The van der Waals surface area contributed by atoms with Gasteiger partial charge in [0.05, 0.1) is 16.4 Å². The number of rotatable bonds is 4. The molecule has 0 radical (unpaired) electrons. The number of nitro groups is 1. The van der Waals surface area contributed by atoms with Crippen molar-refractivity contribution in [2.45, 2.75) is 27.4 Å². The highest BCUT2D eigenvalue weighted by Gasteiger charge is 2.16. The first-order valence-electron chi connectivity index (χ1n) is 7.98. The number of nitrogen functional groups attached to an aromatic ring is 1. The lowest BCUT2D eigenvalue weighted by Gasteiger charge is -2.13. The average Bonchev–Trinajstić information content (AvgIpc) is 2.62. The first-order chi connectivity index (χ1) is 12.3. The van der Waals surface area contributed by atoms with Gasteiger partial charge in [-0.15, -0.1) is 0 Å². The van der Waals surface area contributed by atoms with Gasteiger partial charge in [-0.3, -0.25) is 14.9 Å². The highest BCUT2D eigenvalue weighted by atomic mass is 16.6. The van der Waals surface area contributed by atoms with E-state index in [-0.39, 0.29) is 17.7 Å². The zero-order valence-corrected chi connectivity index (χ0v) is 14.7. The largest absolute Gasteiger partial charge is 0.485 e. The number of hydrogen-bond donors (Lipinski definition) is 1. The zero-order chi connectivity index (χ0) is 19.0. The average molecular weight is 354 g/mol.